The van der Waals surface area contributed by atoms with E-state index in [9.17, 15) is 9.90 Å². The van der Waals surface area contributed by atoms with Crippen LogP contribution < -0.4 is 0 Å². The standard InChI is InChI=1S/C12H14ClNO3/c13-9-3-4-11(15)8(6-9)7-14-5-1-2-10(14)12(16)17/h3-4,6,10,15H,1-2,5,7H2,(H,16,17). The van der Waals surface area contributed by atoms with Crippen molar-refractivity contribution in [2.45, 2.75) is 25.4 Å². The molecule has 0 bridgehead atoms. The molecule has 1 atom stereocenters. The van der Waals surface area contributed by atoms with Crippen LogP contribution in [0.3, 0.4) is 0 Å². The van der Waals surface area contributed by atoms with Gasteiger partial charge in [0.05, 0.1) is 0 Å². The maximum atomic E-state index is 11.0. The summed E-state index contributed by atoms with van der Waals surface area (Å²) in [6.45, 7) is 1.16. The molecule has 92 valence electrons. The Morgan fingerprint density at radius 3 is 3.00 bits per heavy atom. The zero-order chi connectivity index (χ0) is 12.4. The van der Waals surface area contributed by atoms with Gasteiger partial charge in [-0.25, -0.2) is 0 Å². The first-order valence-corrected chi connectivity index (χ1v) is 5.90. The van der Waals surface area contributed by atoms with Crippen LogP contribution in [0, 0.1) is 0 Å². The summed E-state index contributed by atoms with van der Waals surface area (Å²) in [5, 5.41) is 19.3. The Labute approximate surface area is 104 Å². The lowest BCUT2D eigenvalue weighted by Gasteiger charge is -2.21. The summed E-state index contributed by atoms with van der Waals surface area (Å²) < 4.78 is 0. The van der Waals surface area contributed by atoms with Crippen LogP contribution in [-0.4, -0.2) is 33.7 Å². The lowest BCUT2D eigenvalue weighted by Crippen LogP contribution is -2.35. The predicted octanol–water partition coefficient (Wildman–Crippen LogP) is 2.09. The third kappa shape index (κ3) is 2.70. The molecule has 2 rings (SSSR count). The van der Waals surface area contributed by atoms with Gasteiger partial charge in [-0.3, -0.25) is 9.69 Å². The van der Waals surface area contributed by atoms with E-state index in [-0.39, 0.29) is 5.75 Å². The van der Waals surface area contributed by atoms with E-state index in [0.717, 1.165) is 13.0 Å². The number of carboxylic acid groups (broad SMARTS) is 1. The van der Waals surface area contributed by atoms with Crippen molar-refractivity contribution >= 4 is 17.6 Å². The molecule has 1 aromatic rings. The van der Waals surface area contributed by atoms with Crippen molar-refractivity contribution in [2.24, 2.45) is 0 Å². The van der Waals surface area contributed by atoms with E-state index in [4.69, 9.17) is 16.7 Å². The van der Waals surface area contributed by atoms with Crippen LogP contribution in [0.25, 0.3) is 0 Å². The minimum atomic E-state index is -0.802. The minimum Gasteiger partial charge on any atom is -0.508 e. The molecule has 0 amide bonds. The average Bonchev–Trinajstić information content (AvgIpc) is 2.71. The van der Waals surface area contributed by atoms with E-state index in [1.807, 2.05) is 4.90 Å². The number of carbonyl (C=O) groups is 1. The number of phenolic OH excluding ortho intramolecular Hbond substituents is 1. The second kappa shape index (κ2) is 4.94. The Balaban J connectivity index is 2.15. The molecule has 1 aliphatic rings. The van der Waals surface area contributed by atoms with Gasteiger partial charge in [0.25, 0.3) is 0 Å². The Kier molecular flexibility index (Phi) is 3.54. The number of aliphatic carboxylic acids is 1. The van der Waals surface area contributed by atoms with Gasteiger partial charge in [0.2, 0.25) is 0 Å². The number of aromatic hydroxyl groups is 1. The summed E-state index contributed by atoms with van der Waals surface area (Å²) >= 11 is 5.86. The molecule has 5 heteroatoms. The van der Waals surface area contributed by atoms with Gasteiger partial charge in [-0.15, -0.1) is 0 Å². The summed E-state index contributed by atoms with van der Waals surface area (Å²) in [7, 11) is 0. The van der Waals surface area contributed by atoms with Crippen molar-refractivity contribution in [1.29, 1.82) is 0 Å². The Hall–Kier alpha value is -1.26. The lowest BCUT2D eigenvalue weighted by atomic mass is 10.1. The average molecular weight is 256 g/mol. The summed E-state index contributed by atoms with van der Waals surface area (Å²) in [5.74, 6) is -0.644. The highest BCUT2D eigenvalue weighted by Gasteiger charge is 2.30. The van der Waals surface area contributed by atoms with Crippen LogP contribution in [-0.2, 0) is 11.3 Å². The monoisotopic (exact) mass is 255 g/mol. The van der Waals surface area contributed by atoms with Crippen molar-refractivity contribution in [3.05, 3.63) is 28.8 Å². The molecule has 0 aliphatic carbocycles. The number of hydrogen-bond donors (Lipinski definition) is 2. The van der Waals surface area contributed by atoms with Gasteiger partial charge in [0, 0.05) is 17.1 Å². The third-order valence-corrected chi connectivity index (χ3v) is 3.30. The minimum absolute atomic E-state index is 0.158. The van der Waals surface area contributed by atoms with E-state index in [0.29, 0.717) is 23.6 Å². The fourth-order valence-corrected chi connectivity index (χ4v) is 2.39. The van der Waals surface area contributed by atoms with Crippen molar-refractivity contribution in [3.8, 4) is 5.75 Å². The van der Waals surface area contributed by atoms with Crippen LogP contribution in [0.4, 0.5) is 0 Å². The first kappa shape index (κ1) is 12.2. The molecule has 1 heterocycles. The molecule has 1 aromatic carbocycles. The van der Waals surface area contributed by atoms with Crippen LogP contribution in [0.5, 0.6) is 5.75 Å². The van der Waals surface area contributed by atoms with E-state index >= 15 is 0 Å². The fourth-order valence-electron chi connectivity index (χ4n) is 2.19. The van der Waals surface area contributed by atoms with Gasteiger partial charge in [-0.1, -0.05) is 11.6 Å². The van der Waals surface area contributed by atoms with Crippen LogP contribution >= 0.6 is 11.6 Å². The van der Waals surface area contributed by atoms with Crippen LogP contribution in [0.15, 0.2) is 18.2 Å². The summed E-state index contributed by atoms with van der Waals surface area (Å²) in [4.78, 5) is 12.9. The molecule has 0 spiro atoms. The van der Waals surface area contributed by atoms with Gasteiger partial charge >= 0.3 is 5.97 Å². The number of phenols is 1. The lowest BCUT2D eigenvalue weighted by molar-refractivity contribution is -0.142. The maximum Gasteiger partial charge on any atom is 0.320 e. The normalized spacial score (nSPS) is 20.6. The molecular weight excluding hydrogens is 242 g/mol. The molecule has 0 radical (unpaired) electrons. The highest BCUT2D eigenvalue weighted by atomic mass is 35.5. The Morgan fingerprint density at radius 1 is 1.53 bits per heavy atom. The van der Waals surface area contributed by atoms with E-state index < -0.39 is 12.0 Å². The maximum absolute atomic E-state index is 11.0. The van der Waals surface area contributed by atoms with Crippen LogP contribution in [0.1, 0.15) is 18.4 Å². The van der Waals surface area contributed by atoms with Gasteiger partial charge in [-0.2, -0.15) is 0 Å². The SMILES string of the molecule is O=C(O)C1CCCN1Cc1cc(Cl)ccc1O. The first-order valence-electron chi connectivity index (χ1n) is 5.52. The summed E-state index contributed by atoms with van der Waals surface area (Å²) in [6.07, 6.45) is 1.54. The number of benzene rings is 1. The Bertz CT molecular complexity index is 436. The van der Waals surface area contributed by atoms with E-state index in [1.165, 1.54) is 6.07 Å². The molecular formula is C12H14ClNO3. The van der Waals surface area contributed by atoms with Crippen molar-refractivity contribution in [1.82, 2.24) is 4.90 Å². The number of nitrogens with zero attached hydrogens (tertiary/aromatic N) is 1. The van der Waals surface area contributed by atoms with E-state index in [2.05, 4.69) is 0 Å². The van der Waals surface area contributed by atoms with Gasteiger partial charge < -0.3 is 10.2 Å². The molecule has 0 aromatic heterocycles. The first-order chi connectivity index (χ1) is 8.08. The molecule has 1 unspecified atom stereocenters. The topological polar surface area (TPSA) is 60.8 Å². The van der Waals surface area contributed by atoms with Gasteiger partial charge in [-0.05, 0) is 37.6 Å². The number of hydrogen-bond acceptors (Lipinski definition) is 3. The molecule has 2 N–H and O–H groups in total. The number of carboxylic acids is 1. The van der Waals surface area contributed by atoms with Gasteiger partial charge in [0.15, 0.2) is 0 Å². The molecule has 0 saturated carbocycles. The molecule has 1 fully saturated rings. The van der Waals surface area contributed by atoms with Crippen molar-refractivity contribution in [2.75, 3.05) is 6.54 Å². The molecule has 4 nitrogen and oxygen atoms in total. The fraction of sp³-hybridized carbons (Fsp3) is 0.417. The smallest absolute Gasteiger partial charge is 0.320 e. The molecule has 1 aliphatic heterocycles. The second-order valence-electron chi connectivity index (χ2n) is 4.24. The van der Waals surface area contributed by atoms with Crippen LogP contribution in [0.2, 0.25) is 5.02 Å². The number of halogens is 1. The summed E-state index contributed by atoms with van der Waals surface area (Å²) in [6, 6.07) is 4.37. The van der Waals surface area contributed by atoms with E-state index in [1.54, 1.807) is 12.1 Å². The highest BCUT2D eigenvalue weighted by Crippen LogP contribution is 2.26. The predicted molar refractivity (Wildman–Crippen MR) is 64.2 cm³/mol. The zero-order valence-electron chi connectivity index (χ0n) is 9.27. The highest BCUT2D eigenvalue weighted by molar-refractivity contribution is 6.30. The number of likely N-dealkylation sites (tertiary alicyclic amines) is 1. The zero-order valence-corrected chi connectivity index (χ0v) is 10.0. The Morgan fingerprint density at radius 2 is 2.29 bits per heavy atom. The largest absolute Gasteiger partial charge is 0.508 e. The third-order valence-electron chi connectivity index (χ3n) is 3.06. The van der Waals surface area contributed by atoms with Gasteiger partial charge in [0.1, 0.15) is 11.8 Å². The van der Waals surface area contributed by atoms with Crippen molar-refractivity contribution < 1.29 is 15.0 Å². The molecule has 17 heavy (non-hydrogen) atoms. The number of rotatable bonds is 3. The molecule has 1 saturated heterocycles. The summed E-state index contributed by atoms with van der Waals surface area (Å²) in [5.41, 5.74) is 0.672. The van der Waals surface area contributed by atoms with Crippen molar-refractivity contribution in [3.63, 3.8) is 0 Å². The second-order valence-corrected chi connectivity index (χ2v) is 4.68. The quantitative estimate of drug-likeness (QED) is 0.868.